The molecule has 0 aliphatic carbocycles. The van der Waals surface area contributed by atoms with Gasteiger partial charge in [-0.1, -0.05) is 12.1 Å². The zero-order chi connectivity index (χ0) is 16.5. The summed E-state index contributed by atoms with van der Waals surface area (Å²) in [6.07, 6.45) is 1.06. The van der Waals surface area contributed by atoms with Crippen molar-refractivity contribution in [1.82, 2.24) is 5.32 Å². The number of nitrogens with zero attached hydrogens (tertiary/aromatic N) is 2. The highest BCUT2D eigenvalue weighted by atomic mass is 19.1. The molecule has 0 bridgehead atoms. The smallest absolute Gasteiger partial charge is 0.131 e. The zero-order valence-corrected chi connectivity index (χ0v) is 13.3. The first-order valence-corrected chi connectivity index (χ1v) is 8.16. The van der Waals surface area contributed by atoms with E-state index in [1.54, 1.807) is 12.1 Å². The molecule has 1 fully saturated rings. The summed E-state index contributed by atoms with van der Waals surface area (Å²) >= 11 is 0. The molecule has 0 amide bonds. The molecule has 2 aromatic rings. The molecule has 1 N–H and O–H groups in total. The lowest BCUT2D eigenvalue weighted by molar-refractivity contribution is 0.300. The first-order valence-electron chi connectivity index (χ1n) is 8.16. The summed E-state index contributed by atoms with van der Waals surface area (Å²) in [7, 11) is 0. The third kappa shape index (κ3) is 2.70. The second kappa shape index (κ2) is 6.14. The molecule has 2 heterocycles. The number of piperazine rings is 1. The van der Waals surface area contributed by atoms with E-state index in [9.17, 15) is 4.39 Å². The molecule has 2 aliphatic rings. The van der Waals surface area contributed by atoms with Gasteiger partial charge in [-0.25, -0.2) is 4.39 Å². The summed E-state index contributed by atoms with van der Waals surface area (Å²) in [5, 5.41) is 12.2. The Hall–Kier alpha value is -2.58. The minimum Gasteiger partial charge on any atom is -0.489 e. The highest BCUT2D eigenvalue weighted by Crippen LogP contribution is 2.35. The number of fused-ring (bicyclic) bond motifs is 3. The Kier molecular flexibility index (Phi) is 3.83. The predicted molar refractivity (Wildman–Crippen MR) is 89.6 cm³/mol. The molecule has 0 saturated carbocycles. The van der Waals surface area contributed by atoms with Crippen molar-refractivity contribution in [3.8, 4) is 11.8 Å². The van der Waals surface area contributed by atoms with E-state index in [0.29, 0.717) is 17.2 Å². The van der Waals surface area contributed by atoms with Gasteiger partial charge in [0.1, 0.15) is 18.2 Å². The van der Waals surface area contributed by atoms with Gasteiger partial charge in [0.05, 0.1) is 11.6 Å². The van der Waals surface area contributed by atoms with Crippen LogP contribution in [0.5, 0.6) is 5.75 Å². The van der Waals surface area contributed by atoms with Crippen molar-refractivity contribution >= 4 is 5.69 Å². The molecule has 1 unspecified atom stereocenters. The van der Waals surface area contributed by atoms with Crippen molar-refractivity contribution in [3.05, 3.63) is 58.9 Å². The van der Waals surface area contributed by atoms with Crippen LogP contribution in [0.4, 0.5) is 10.1 Å². The Balaban J connectivity index is 1.50. The topological polar surface area (TPSA) is 48.3 Å². The van der Waals surface area contributed by atoms with Crippen LogP contribution < -0.4 is 15.0 Å². The molecular formula is C19H18FN3O. The fourth-order valence-electron chi connectivity index (χ4n) is 3.48. The van der Waals surface area contributed by atoms with Crippen molar-refractivity contribution in [1.29, 1.82) is 5.26 Å². The third-order valence-electron chi connectivity index (χ3n) is 4.75. The van der Waals surface area contributed by atoms with Crippen LogP contribution >= 0.6 is 0 Å². The van der Waals surface area contributed by atoms with Gasteiger partial charge in [-0.05, 0) is 30.2 Å². The molecule has 4 nitrogen and oxygen atoms in total. The number of ether oxygens (including phenoxy) is 1. The van der Waals surface area contributed by atoms with Crippen molar-refractivity contribution in [2.24, 2.45) is 0 Å². The van der Waals surface area contributed by atoms with E-state index in [0.717, 1.165) is 31.8 Å². The molecule has 4 rings (SSSR count). The first kappa shape index (κ1) is 15.0. The second-order valence-electron chi connectivity index (χ2n) is 6.25. The van der Waals surface area contributed by atoms with Crippen LogP contribution in [0, 0.1) is 17.1 Å². The van der Waals surface area contributed by atoms with Crippen LogP contribution in [0.15, 0.2) is 36.4 Å². The Morgan fingerprint density at radius 1 is 1.29 bits per heavy atom. The summed E-state index contributed by atoms with van der Waals surface area (Å²) in [5.41, 5.74) is 3.35. The van der Waals surface area contributed by atoms with Crippen molar-refractivity contribution in [2.75, 3.05) is 24.5 Å². The number of halogens is 1. The van der Waals surface area contributed by atoms with Gasteiger partial charge in [0.15, 0.2) is 0 Å². The quantitative estimate of drug-likeness (QED) is 0.943. The Labute approximate surface area is 140 Å². The first-order chi connectivity index (χ1) is 11.7. The van der Waals surface area contributed by atoms with E-state index < -0.39 is 5.82 Å². The Morgan fingerprint density at radius 2 is 2.21 bits per heavy atom. The number of anilines is 1. The summed E-state index contributed by atoms with van der Waals surface area (Å²) in [6, 6.07) is 13.0. The fraction of sp³-hybridized carbons (Fsp3) is 0.316. The van der Waals surface area contributed by atoms with E-state index in [1.807, 2.05) is 12.1 Å². The van der Waals surface area contributed by atoms with E-state index in [2.05, 4.69) is 22.3 Å². The molecule has 1 saturated heterocycles. The van der Waals surface area contributed by atoms with Gasteiger partial charge in [-0.2, -0.15) is 5.26 Å². The normalized spacial score (nSPS) is 18.7. The second-order valence-corrected chi connectivity index (χ2v) is 6.25. The maximum atomic E-state index is 13.9. The van der Waals surface area contributed by atoms with Crippen LogP contribution in [-0.4, -0.2) is 25.7 Å². The SMILES string of the molecule is N#Cc1ccc(COc2ccc3c(c2)N2CCNCC2C3)c(F)c1. The Morgan fingerprint density at radius 3 is 3.04 bits per heavy atom. The molecular weight excluding hydrogens is 305 g/mol. The predicted octanol–water partition coefficient (Wildman–Crippen LogP) is 2.61. The van der Waals surface area contributed by atoms with Gasteiger partial charge in [-0.3, -0.25) is 0 Å². The van der Waals surface area contributed by atoms with Crippen LogP contribution in [0.1, 0.15) is 16.7 Å². The lowest BCUT2D eigenvalue weighted by Gasteiger charge is -2.32. The lowest BCUT2D eigenvalue weighted by Crippen LogP contribution is -2.49. The monoisotopic (exact) mass is 323 g/mol. The minimum atomic E-state index is -0.405. The van der Waals surface area contributed by atoms with Gasteiger partial charge >= 0.3 is 0 Å². The van der Waals surface area contributed by atoms with Crippen molar-refractivity contribution < 1.29 is 9.13 Å². The molecule has 122 valence electrons. The summed E-state index contributed by atoms with van der Waals surface area (Å²) < 4.78 is 19.7. The number of hydrogen-bond acceptors (Lipinski definition) is 4. The highest BCUT2D eigenvalue weighted by Gasteiger charge is 2.31. The number of benzene rings is 2. The van der Waals surface area contributed by atoms with E-state index in [-0.39, 0.29) is 6.61 Å². The summed E-state index contributed by atoms with van der Waals surface area (Å²) in [4.78, 5) is 2.43. The maximum Gasteiger partial charge on any atom is 0.131 e. The average Bonchev–Trinajstić information content (AvgIpc) is 2.98. The van der Waals surface area contributed by atoms with Crippen LogP contribution in [0.3, 0.4) is 0 Å². The summed E-state index contributed by atoms with van der Waals surface area (Å²) in [6.45, 7) is 3.17. The standard InChI is InChI=1S/C19H18FN3O/c20-18-7-13(10-21)1-2-15(18)12-24-17-4-3-14-8-16-11-22-5-6-23(16)19(14)9-17/h1-4,7,9,16,22H,5-6,8,11-12H2. The molecule has 0 spiro atoms. The van der Waals surface area contributed by atoms with Gasteiger partial charge in [0.25, 0.3) is 0 Å². The largest absolute Gasteiger partial charge is 0.489 e. The highest BCUT2D eigenvalue weighted by molar-refractivity contribution is 5.62. The van der Waals surface area contributed by atoms with Gasteiger partial charge in [-0.15, -0.1) is 0 Å². The van der Waals surface area contributed by atoms with E-state index in [4.69, 9.17) is 10.00 Å². The molecule has 2 aromatic carbocycles. The molecule has 0 radical (unpaired) electrons. The molecule has 2 aliphatic heterocycles. The number of nitriles is 1. The molecule has 24 heavy (non-hydrogen) atoms. The maximum absolute atomic E-state index is 13.9. The van der Waals surface area contributed by atoms with Crippen LogP contribution in [0.2, 0.25) is 0 Å². The summed E-state index contributed by atoms with van der Waals surface area (Å²) in [5.74, 6) is 0.342. The molecule has 0 aromatic heterocycles. The third-order valence-corrected chi connectivity index (χ3v) is 4.75. The van der Waals surface area contributed by atoms with Crippen LogP contribution in [0.25, 0.3) is 0 Å². The number of hydrogen-bond donors (Lipinski definition) is 1. The fourth-order valence-corrected chi connectivity index (χ4v) is 3.48. The molecule has 1 atom stereocenters. The zero-order valence-electron chi connectivity index (χ0n) is 13.3. The minimum absolute atomic E-state index is 0.154. The number of nitrogens with one attached hydrogen (secondary N) is 1. The van der Waals surface area contributed by atoms with Crippen molar-refractivity contribution in [2.45, 2.75) is 19.1 Å². The van der Waals surface area contributed by atoms with Crippen LogP contribution in [-0.2, 0) is 13.0 Å². The van der Waals surface area contributed by atoms with E-state index in [1.165, 1.54) is 17.3 Å². The Bertz CT molecular complexity index is 815. The van der Waals surface area contributed by atoms with E-state index >= 15 is 0 Å². The van der Waals surface area contributed by atoms with Gasteiger partial charge in [0, 0.05) is 43.0 Å². The number of rotatable bonds is 3. The average molecular weight is 323 g/mol. The van der Waals surface area contributed by atoms with Crippen molar-refractivity contribution in [3.63, 3.8) is 0 Å². The van der Waals surface area contributed by atoms with Gasteiger partial charge < -0.3 is 15.0 Å². The molecule has 5 heteroatoms. The lowest BCUT2D eigenvalue weighted by atomic mass is 10.1. The van der Waals surface area contributed by atoms with Gasteiger partial charge in [0.2, 0.25) is 0 Å².